The van der Waals surface area contributed by atoms with E-state index in [1.165, 1.54) is 17.4 Å². The standard InChI is InChI=1S/C29H19F3N2OS/c30-29(31,32)23-8-3-5-19(13-23)17-35-28(27-16-34-18-36-27)21-11-12-22(15-33)26(14-21)25-10-4-7-20-6-1-2-9-24(20)25/h1-14,16,18,28H,17H2. The fraction of sp³-hybridized carbons (Fsp3) is 0.103. The topological polar surface area (TPSA) is 45.9 Å². The van der Waals surface area contributed by atoms with Crippen LogP contribution >= 0.6 is 11.3 Å². The lowest BCUT2D eigenvalue weighted by atomic mass is 9.92. The number of ether oxygens (including phenoxy) is 1. The van der Waals surface area contributed by atoms with Gasteiger partial charge in [-0.25, -0.2) is 0 Å². The first-order valence-electron chi connectivity index (χ1n) is 11.1. The number of aromatic nitrogens is 1. The van der Waals surface area contributed by atoms with Crippen molar-refractivity contribution in [3.63, 3.8) is 0 Å². The molecule has 1 atom stereocenters. The van der Waals surface area contributed by atoms with Crippen molar-refractivity contribution in [2.24, 2.45) is 0 Å². The molecule has 0 N–H and O–H groups in total. The molecule has 5 rings (SSSR count). The zero-order valence-electron chi connectivity index (χ0n) is 18.9. The Labute approximate surface area is 210 Å². The molecule has 0 spiro atoms. The molecule has 1 unspecified atom stereocenters. The maximum Gasteiger partial charge on any atom is 0.416 e. The quantitative estimate of drug-likeness (QED) is 0.236. The van der Waals surface area contributed by atoms with Gasteiger partial charge in [-0.15, -0.1) is 11.3 Å². The van der Waals surface area contributed by atoms with Crippen molar-refractivity contribution in [2.75, 3.05) is 0 Å². The van der Waals surface area contributed by atoms with E-state index in [2.05, 4.69) is 11.1 Å². The third-order valence-corrected chi connectivity index (χ3v) is 6.75. The Bertz CT molecular complexity index is 1550. The molecule has 7 heteroatoms. The Balaban J connectivity index is 1.54. The van der Waals surface area contributed by atoms with E-state index >= 15 is 0 Å². The summed E-state index contributed by atoms with van der Waals surface area (Å²) in [5.41, 5.74) is 4.39. The average molecular weight is 501 g/mol. The molecule has 0 aliphatic heterocycles. The Hall–Kier alpha value is -3.99. The number of rotatable bonds is 6. The maximum atomic E-state index is 13.2. The van der Waals surface area contributed by atoms with Crippen LogP contribution in [-0.4, -0.2) is 4.98 Å². The molecule has 0 saturated heterocycles. The van der Waals surface area contributed by atoms with Gasteiger partial charge in [-0.1, -0.05) is 60.7 Å². The van der Waals surface area contributed by atoms with Gasteiger partial charge in [-0.3, -0.25) is 4.98 Å². The highest BCUT2D eigenvalue weighted by molar-refractivity contribution is 7.09. The molecule has 36 heavy (non-hydrogen) atoms. The van der Waals surface area contributed by atoms with Gasteiger partial charge in [0, 0.05) is 11.8 Å². The maximum absolute atomic E-state index is 13.2. The number of hydrogen-bond donors (Lipinski definition) is 0. The first-order valence-corrected chi connectivity index (χ1v) is 12.0. The normalized spacial score (nSPS) is 12.4. The van der Waals surface area contributed by atoms with Gasteiger partial charge < -0.3 is 4.74 Å². The zero-order valence-corrected chi connectivity index (χ0v) is 19.7. The van der Waals surface area contributed by atoms with Crippen molar-refractivity contribution in [1.29, 1.82) is 5.26 Å². The van der Waals surface area contributed by atoms with Crippen LogP contribution in [0.1, 0.15) is 33.2 Å². The van der Waals surface area contributed by atoms with Crippen molar-refractivity contribution in [3.8, 4) is 17.2 Å². The van der Waals surface area contributed by atoms with Crippen molar-refractivity contribution >= 4 is 22.1 Å². The number of halogens is 3. The lowest BCUT2D eigenvalue weighted by Crippen LogP contribution is -2.08. The van der Waals surface area contributed by atoms with Crippen molar-refractivity contribution < 1.29 is 17.9 Å². The molecule has 0 saturated carbocycles. The zero-order chi connectivity index (χ0) is 25.1. The smallest absolute Gasteiger partial charge is 0.363 e. The van der Waals surface area contributed by atoms with E-state index < -0.39 is 17.8 Å². The van der Waals surface area contributed by atoms with E-state index in [0.717, 1.165) is 44.5 Å². The van der Waals surface area contributed by atoms with E-state index in [0.29, 0.717) is 11.1 Å². The predicted octanol–water partition coefficient (Wildman–Crippen LogP) is 8.16. The van der Waals surface area contributed by atoms with E-state index in [9.17, 15) is 18.4 Å². The number of fused-ring (bicyclic) bond motifs is 1. The van der Waals surface area contributed by atoms with E-state index in [4.69, 9.17) is 4.74 Å². The summed E-state index contributed by atoms with van der Waals surface area (Å²) < 4.78 is 45.7. The van der Waals surface area contributed by atoms with Crippen molar-refractivity contribution in [3.05, 3.63) is 124 Å². The van der Waals surface area contributed by atoms with Gasteiger partial charge in [0.2, 0.25) is 0 Å². The van der Waals surface area contributed by atoms with E-state index in [1.807, 2.05) is 54.6 Å². The van der Waals surface area contributed by atoms with Gasteiger partial charge in [0.1, 0.15) is 6.10 Å². The molecular formula is C29H19F3N2OS. The lowest BCUT2D eigenvalue weighted by molar-refractivity contribution is -0.137. The third kappa shape index (κ3) is 4.87. The first kappa shape index (κ1) is 23.7. The minimum absolute atomic E-state index is 0.0178. The second kappa shape index (κ2) is 9.94. The molecule has 1 heterocycles. The summed E-state index contributed by atoms with van der Waals surface area (Å²) >= 11 is 1.40. The van der Waals surface area contributed by atoms with Crippen LogP contribution in [0.2, 0.25) is 0 Å². The number of thiazole rings is 1. The Kier molecular flexibility index (Phi) is 6.55. The summed E-state index contributed by atoms with van der Waals surface area (Å²) in [4.78, 5) is 4.98. The highest BCUT2D eigenvalue weighted by Gasteiger charge is 2.30. The van der Waals surface area contributed by atoms with Crippen LogP contribution in [0.15, 0.2) is 96.6 Å². The van der Waals surface area contributed by atoms with Gasteiger partial charge in [0.25, 0.3) is 0 Å². The molecule has 178 valence electrons. The first-order chi connectivity index (χ1) is 17.4. The number of benzene rings is 4. The molecule has 0 bridgehead atoms. The Morgan fingerprint density at radius 3 is 2.50 bits per heavy atom. The fourth-order valence-corrected chi connectivity index (χ4v) is 4.91. The van der Waals surface area contributed by atoms with Gasteiger partial charge >= 0.3 is 6.18 Å². The van der Waals surface area contributed by atoms with Crippen molar-refractivity contribution in [1.82, 2.24) is 4.98 Å². The molecule has 1 aromatic heterocycles. The molecule has 0 aliphatic carbocycles. The van der Waals surface area contributed by atoms with Gasteiger partial charge in [0.15, 0.2) is 0 Å². The van der Waals surface area contributed by atoms with Gasteiger partial charge in [0.05, 0.1) is 34.2 Å². The van der Waals surface area contributed by atoms with Gasteiger partial charge in [-0.2, -0.15) is 18.4 Å². The highest BCUT2D eigenvalue weighted by Crippen LogP contribution is 2.37. The molecule has 4 aromatic carbocycles. The number of alkyl halides is 3. The predicted molar refractivity (Wildman–Crippen MR) is 134 cm³/mol. The summed E-state index contributed by atoms with van der Waals surface area (Å²) in [6.07, 6.45) is -3.29. The lowest BCUT2D eigenvalue weighted by Gasteiger charge is -2.19. The summed E-state index contributed by atoms with van der Waals surface area (Å²) in [6, 6.07) is 26.8. The minimum atomic E-state index is -4.42. The number of hydrogen-bond acceptors (Lipinski definition) is 4. The molecule has 0 aliphatic rings. The third-order valence-electron chi connectivity index (χ3n) is 5.93. The summed E-state index contributed by atoms with van der Waals surface area (Å²) in [5, 5.41) is 11.9. The monoisotopic (exact) mass is 500 g/mol. The molecule has 5 aromatic rings. The number of nitriles is 1. The summed E-state index contributed by atoms with van der Waals surface area (Å²) in [5.74, 6) is 0. The Morgan fingerprint density at radius 2 is 1.72 bits per heavy atom. The van der Waals surface area contributed by atoms with Crippen LogP contribution in [0.25, 0.3) is 21.9 Å². The SMILES string of the molecule is N#Cc1ccc(C(OCc2cccc(C(F)(F)F)c2)c2cncs2)cc1-c1cccc2ccccc12. The summed E-state index contributed by atoms with van der Waals surface area (Å²) in [6.45, 7) is -0.0178. The van der Waals surface area contributed by atoms with Crippen LogP contribution in [0, 0.1) is 11.3 Å². The molecule has 0 fully saturated rings. The van der Waals surface area contributed by atoms with Crippen LogP contribution < -0.4 is 0 Å². The Morgan fingerprint density at radius 1 is 0.917 bits per heavy atom. The largest absolute Gasteiger partial charge is 0.416 e. The van der Waals surface area contributed by atoms with Crippen LogP contribution in [0.4, 0.5) is 13.2 Å². The van der Waals surface area contributed by atoms with Crippen molar-refractivity contribution in [2.45, 2.75) is 18.9 Å². The molecule has 0 radical (unpaired) electrons. The minimum Gasteiger partial charge on any atom is -0.363 e. The number of nitrogens with zero attached hydrogens (tertiary/aromatic N) is 2. The van der Waals surface area contributed by atoms with Crippen LogP contribution in [0.3, 0.4) is 0 Å². The second-order valence-electron chi connectivity index (χ2n) is 8.24. The molecule has 3 nitrogen and oxygen atoms in total. The molecule has 0 amide bonds. The van der Waals surface area contributed by atoms with Gasteiger partial charge in [-0.05, 0) is 51.7 Å². The van der Waals surface area contributed by atoms with E-state index in [-0.39, 0.29) is 6.61 Å². The molecular weight excluding hydrogens is 481 g/mol. The van der Waals surface area contributed by atoms with Crippen LogP contribution in [0.5, 0.6) is 0 Å². The van der Waals surface area contributed by atoms with E-state index in [1.54, 1.807) is 23.8 Å². The second-order valence-corrected chi connectivity index (χ2v) is 9.15. The fourth-order valence-electron chi connectivity index (χ4n) is 4.22. The van der Waals surface area contributed by atoms with Crippen LogP contribution in [-0.2, 0) is 17.5 Å². The highest BCUT2D eigenvalue weighted by atomic mass is 32.1. The summed E-state index contributed by atoms with van der Waals surface area (Å²) in [7, 11) is 0. The average Bonchev–Trinajstić information content (AvgIpc) is 3.43.